The van der Waals surface area contributed by atoms with Crippen molar-refractivity contribution in [2.24, 2.45) is 0 Å². The second-order valence-corrected chi connectivity index (χ2v) is 4.81. The Bertz CT molecular complexity index is 851. The lowest BCUT2D eigenvalue weighted by Gasteiger charge is -2.05. The normalized spacial score (nSPS) is 11.2. The number of hydrogen-bond acceptors (Lipinski definition) is 1. The maximum Gasteiger partial charge on any atom is 0.178 e. The van der Waals surface area contributed by atoms with Gasteiger partial charge in [-0.2, -0.15) is 0 Å². The summed E-state index contributed by atoms with van der Waals surface area (Å²) < 4.78 is 41.5. The van der Waals surface area contributed by atoms with E-state index in [1.165, 1.54) is 18.2 Å². The zero-order valence-corrected chi connectivity index (χ0v) is 11.0. The fourth-order valence-corrected chi connectivity index (χ4v) is 2.38. The van der Waals surface area contributed by atoms with Crippen LogP contribution >= 0.6 is 12.2 Å². The van der Waals surface area contributed by atoms with E-state index in [0.717, 1.165) is 12.1 Å². The van der Waals surface area contributed by atoms with Gasteiger partial charge in [0.15, 0.2) is 16.4 Å². The monoisotopic (exact) mass is 294 g/mol. The van der Waals surface area contributed by atoms with E-state index in [1.54, 1.807) is 10.6 Å². The second-order valence-electron chi connectivity index (χ2n) is 4.43. The van der Waals surface area contributed by atoms with Crippen molar-refractivity contribution in [3.05, 3.63) is 64.2 Å². The molecule has 0 bridgehead atoms. The number of H-pyrrole nitrogens is 1. The Hall–Kier alpha value is -2.08. The smallest absolute Gasteiger partial charge is 0.178 e. The van der Waals surface area contributed by atoms with Crippen molar-refractivity contribution in [2.45, 2.75) is 6.54 Å². The Morgan fingerprint density at radius 2 is 1.80 bits per heavy atom. The summed E-state index contributed by atoms with van der Waals surface area (Å²) in [5.41, 5.74) is 1.82. The van der Waals surface area contributed by atoms with Crippen molar-refractivity contribution >= 4 is 23.3 Å². The molecule has 2 nitrogen and oxygen atoms in total. The molecular formula is C14H9F3N2S. The standard InChI is InChI=1S/C14H9F3N2S/c15-9-2-4-12-13(6-9)19(14(20)18-12)7-8-1-3-10(16)11(17)5-8/h1-6H,7H2,(H,18,20). The second kappa shape index (κ2) is 4.79. The Morgan fingerprint density at radius 3 is 2.55 bits per heavy atom. The van der Waals surface area contributed by atoms with Crippen molar-refractivity contribution in [3.8, 4) is 0 Å². The molecule has 0 unspecified atom stereocenters. The Balaban J connectivity index is 2.10. The number of hydrogen-bond donors (Lipinski definition) is 1. The third kappa shape index (κ3) is 2.22. The molecule has 0 atom stereocenters. The third-order valence-electron chi connectivity index (χ3n) is 3.06. The summed E-state index contributed by atoms with van der Waals surface area (Å²) in [6.07, 6.45) is 0. The molecule has 0 aliphatic heterocycles. The molecule has 102 valence electrons. The minimum absolute atomic E-state index is 0.236. The molecule has 6 heteroatoms. The molecule has 3 aromatic rings. The predicted octanol–water partition coefficient (Wildman–Crippen LogP) is 4.16. The summed E-state index contributed by atoms with van der Waals surface area (Å²) in [6.45, 7) is 0.236. The largest absolute Gasteiger partial charge is 0.331 e. The highest BCUT2D eigenvalue weighted by Crippen LogP contribution is 2.18. The van der Waals surface area contributed by atoms with Crippen LogP contribution < -0.4 is 0 Å². The highest BCUT2D eigenvalue weighted by atomic mass is 32.1. The van der Waals surface area contributed by atoms with Crippen LogP contribution in [0.5, 0.6) is 0 Å². The maximum atomic E-state index is 13.3. The topological polar surface area (TPSA) is 20.7 Å². The van der Waals surface area contributed by atoms with Gasteiger partial charge in [-0.15, -0.1) is 0 Å². The minimum Gasteiger partial charge on any atom is -0.331 e. The van der Waals surface area contributed by atoms with Crippen molar-refractivity contribution in [1.82, 2.24) is 9.55 Å². The van der Waals surface area contributed by atoms with E-state index in [9.17, 15) is 13.2 Å². The fourth-order valence-electron chi connectivity index (χ4n) is 2.10. The average molecular weight is 294 g/mol. The van der Waals surface area contributed by atoms with Gasteiger partial charge in [-0.25, -0.2) is 13.2 Å². The van der Waals surface area contributed by atoms with Crippen LogP contribution in [0, 0.1) is 22.2 Å². The molecule has 1 N–H and O–H groups in total. The summed E-state index contributed by atoms with van der Waals surface area (Å²) >= 11 is 5.17. The number of rotatable bonds is 2. The molecule has 0 aliphatic rings. The van der Waals surface area contributed by atoms with Crippen LogP contribution in [0.25, 0.3) is 11.0 Å². The molecular weight excluding hydrogens is 285 g/mol. The number of aromatic amines is 1. The maximum absolute atomic E-state index is 13.3. The summed E-state index contributed by atoms with van der Waals surface area (Å²) in [7, 11) is 0. The van der Waals surface area contributed by atoms with Crippen LogP contribution in [-0.4, -0.2) is 9.55 Å². The van der Waals surface area contributed by atoms with Gasteiger partial charge in [0.1, 0.15) is 5.82 Å². The Kier molecular flexibility index (Phi) is 3.10. The molecule has 0 radical (unpaired) electrons. The summed E-state index contributed by atoms with van der Waals surface area (Å²) in [5, 5.41) is 0. The van der Waals surface area contributed by atoms with Gasteiger partial charge in [-0.05, 0) is 48.1 Å². The number of nitrogens with zero attached hydrogens (tertiary/aromatic N) is 1. The molecule has 1 heterocycles. The average Bonchev–Trinajstić information content (AvgIpc) is 2.70. The summed E-state index contributed by atoms with van der Waals surface area (Å²) in [6, 6.07) is 7.90. The number of halogens is 3. The lowest BCUT2D eigenvalue weighted by atomic mass is 10.2. The molecule has 20 heavy (non-hydrogen) atoms. The van der Waals surface area contributed by atoms with Crippen molar-refractivity contribution in [2.75, 3.05) is 0 Å². The van der Waals surface area contributed by atoms with Gasteiger partial charge < -0.3 is 9.55 Å². The molecule has 0 saturated carbocycles. The van der Waals surface area contributed by atoms with E-state index in [0.29, 0.717) is 21.4 Å². The number of imidazole rings is 1. The van der Waals surface area contributed by atoms with Gasteiger partial charge in [0.2, 0.25) is 0 Å². The first-order valence-electron chi connectivity index (χ1n) is 5.86. The number of aromatic nitrogens is 2. The van der Waals surface area contributed by atoms with E-state index in [4.69, 9.17) is 12.2 Å². The number of benzene rings is 2. The molecule has 1 aromatic heterocycles. The van der Waals surface area contributed by atoms with Crippen molar-refractivity contribution in [1.29, 1.82) is 0 Å². The van der Waals surface area contributed by atoms with Crippen LogP contribution in [-0.2, 0) is 6.54 Å². The van der Waals surface area contributed by atoms with Gasteiger partial charge in [-0.1, -0.05) is 6.07 Å². The molecule has 0 saturated heterocycles. The van der Waals surface area contributed by atoms with E-state index in [-0.39, 0.29) is 12.4 Å². The fraction of sp³-hybridized carbons (Fsp3) is 0.0714. The van der Waals surface area contributed by atoms with E-state index < -0.39 is 11.6 Å². The summed E-state index contributed by atoms with van der Waals surface area (Å²) in [5.74, 6) is -2.20. The van der Waals surface area contributed by atoms with Crippen LogP contribution in [0.15, 0.2) is 36.4 Å². The molecule has 3 rings (SSSR count). The van der Waals surface area contributed by atoms with Gasteiger partial charge in [0, 0.05) is 0 Å². The zero-order chi connectivity index (χ0) is 14.3. The van der Waals surface area contributed by atoms with Gasteiger partial charge in [0.05, 0.1) is 17.6 Å². The Labute approximate surface area is 117 Å². The summed E-state index contributed by atoms with van der Waals surface area (Å²) in [4.78, 5) is 2.94. The first kappa shape index (κ1) is 12.9. The molecule has 2 aromatic carbocycles. The van der Waals surface area contributed by atoms with Gasteiger partial charge >= 0.3 is 0 Å². The molecule has 0 spiro atoms. The van der Waals surface area contributed by atoms with Crippen LogP contribution in [0.1, 0.15) is 5.56 Å². The van der Waals surface area contributed by atoms with E-state index in [1.807, 2.05) is 0 Å². The van der Waals surface area contributed by atoms with Gasteiger partial charge in [-0.3, -0.25) is 0 Å². The molecule has 0 aliphatic carbocycles. The SMILES string of the molecule is Fc1ccc2[nH]c(=S)n(Cc3ccc(F)c(F)c3)c2c1. The molecule has 0 amide bonds. The first-order chi connectivity index (χ1) is 9.54. The van der Waals surface area contributed by atoms with Crippen molar-refractivity contribution < 1.29 is 13.2 Å². The lowest BCUT2D eigenvalue weighted by molar-refractivity contribution is 0.506. The highest BCUT2D eigenvalue weighted by Gasteiger charge is 2.08. The quantitative estimate of drug-likeness (QED) is 0.704. The minimum atomic E-state index is -0.917. The van der Waals surface area contributed by atoms with Crippen LogP contribution in [0.2, 0.25) is 0 Å². The van der Waals surface area contributed by atoms with Crippen LogP contribution in [0.3, 0.4) is 0 Å². The number of nitrogens with one attached hydrogen (secondary N) is 1. The first-order valence-corrected chi connectivity index (χ1v) is 6.27. The number of fused-ring (bicyclic) bond motifs is 1. The molecule has 0 fully saturated rings. The van der Waals surface area contributed by atoms with E-state index in [2.05, 4.69) is 4.98 Å². The predicted molar refractivity (Wildman–Crippen MR) is 72.5 cm³/mol. The Morgan fingerprint density at radius 1 is 1.00 bits per heavy atom. The van der Waals surface area contributed by atoms with Crippen LogP contribution in [0.4, 0.5) is 13.2 Å². The third-order valence-corrected chi connectivity index (χ3v) is 3.38. The van der Waals surface area contributed by atoms with Crippen molar-refractivity contribution in [3.63, 3.8) is 0 Å². The van der Waals surface area contributed by atoms with Gasteiger partial charge in [0.25, 0.3) is 0 Å². The highest BCUT2D eigenvalue weighted by molar-refractivity contribution is 7.71. The van der Waals surface area contributed by atoms with E-state index >= 15 is 0 Å². The lowest BCUT2D eigenvalue weighted by Crippen LogP contribution is -2.01. The zero-order valence-electron chi connectivity index (χ0n) is 10.2.